The maximum atomic E-state index is 13.3. The van der Waals surface area contributed by atoms with Crippen LogP contribution in [0, 0.1) is 10.8 Å². The van der Waals surface area contributed by atoms with Crippen LogP contribution in [0.3, 0.4) is 0 Å². The molecule has 0 unspecified atom stereocenters. The van der Waals surface area contributed by atoms with Gasteiger partial charge < -0.3 is 10.0 Å². The molecular weight excluding hydrogens is 507 g/mol. The van der Waals surface area contributed by atoms with E-state index in [1.54, 1.807) is 0 Å². The van der Waals surface area contributed by atoms with Crippen molar-refractivity contribution in [2.75, 3.05) is 13.1 Å². The van der Waals surface area contributed by atoms with Crippen LogP contribution in [0.15, 0.2) is 18.2 Å². The molecule has 1 N–H and O–H groups in total. The third-order valence-corrected chi connectivity index (χ3v) is 9.76. The van der Waals surface area contributed by atoms with E-state index in [0.29, 0.717) is 23.9 Å². The summed E-state index contributed by atoms with van der Waals surface area (Å²) in [6, 6.07) is 5.18. The van der Waals surface area contributed by atoms with Crippen LogP contribution in [-0.2, 0) is 17.9 Å². The second kappa shape index (κ2) is 7.48. The second-order valence-electron chi connectivity index (χ2n) is 12.4. The Labute approximate surface area is 217 Å². The number of alkyl halides is 3. The van der Waals surface area contributed by atoms with Gasteiger partial charge in [-0.3, -0.25) is 14.3 Å². The number of likely N-dealkylation sites (tertiary alicyclic amines) is 1. The smallest absolute Gasteiger partial charge is 0.380 e. The van der Waals surface area contributed by atoms with Crippen LogP contribution in [0.1, 0.15) is 68.6 Å². The predicted molar refractivity (Wildman–Crippen MR) is 128 cm³/mol. The predicted octanol–water partition coefficient (Wildman–Crippen LogP) is 4.20. The Morgan fingerprint density at radius 1 is 1.11 bits per heavy atom. The molecule has 0 radical (unpaired) electrons. The molecule has 7 nitrogen and oxygen atoms in total. The molecule has 5 aliphatic rings. The van der Waals surface area contributed by atoms with E-state index in [0.717, 1.165) is 55.8 Å². The Kier molecular flexibility index (Phi) is 4.83. The SMILES string of the molecule is CC1(C(=O)N2CC3(CC(c4nnc5n4-c4ccc(Cl)cc4CN(C4CC(O)(C(F)(F)F)C4)C5)C3)C2)CC1. The van der Waals surface area contributed by atoms with Crippen LogP contribution in [0.4, 0.5) is 13.2 Å². The van der Waals surface area contributed by atoms with Gasteiger partial charge in [-0.25, -0.2) is 0 Å². The fourth-order valence-corrected chi connectivity index (χ4v) is 7.09. The van der Waals surface area contributed by atoms with Gasteiger partial charge in [0.1, 0.15) is 5.82 Å². The molecule has 11 heteroatoms. The Bertz CT molecular complexity index is 1290. The van der Waals surface area contributed by atoms with Gasteiger partial charge in [-0.15, -0.1) is 10.2 Å². The first-order valence-electron chi connectivity index (χ1n) is 12.9. The molecule has 1 spiro atoms. The van der Waals surface area contributed by atoms with Crippen LogP contribution in [-0.4, -0.2) is 66.5 Å². The van der Waals surface area contributed by atoms with E-state index in [1.807, 2.05) is 28.0 Å². The van der Waals surface area contributed by atoms with Crippen LogP contribution >= 0.6 is 11.6 Å². The summed E-state index contributed by atoms with van der Waals surface area (Å²) in [7, 11) is 0. The molecule has 0 bridgehead atoms. The van der Waals surface area contributed by atoms with Crippen molar-refractivity contribution in [3.63, 3.8) is 0 Å². The summed E-state index contributed by atoms with van der Waals surface area (Å²) >= 11 is 6.31. The summed E-state index contributed by atoms with van der Waals surface area (Å²) in [5.74, 6) is 2.05. The lowest BCUT2D eigenvalue weighted by Crippen LogP contribution is -2.64. The third kappa shape index (κ3) is 3.58. The molecule has 1 aromatic carbocycles. The number of amides is 1. The molecule has 2 aliphatic heterocycles. The summed E-state index contributed by atoms with van der Waals surface area (Å²) in [5.41, 5.74) is -0.801. The number of hydrogen-bond acceptors (Lipinski definition) is 5. The fourth-order valence-electron chi connectivity index (χ4n) is 6.90. The molecular formula is C26H29ClF3N5O2. The van der Waals surface area contributed by atoms with Crippen molar-refractivity contribution in [1.82, 2.24) is 24.6 Å². The highest BCUT2D eigenvalue weighted by Crippen LogP contribution is 2.58. The van der Waals surface area contributed by atoms with Gasteiger partial charge in [-0.1, -0.05) is 18.5 Å². The van der Waals surface area contributed by atoms with E-state index < -0.39 is 17.8 Å². The number of hydrogen-bond donors (Lipinski definition) is 1. The fraction of sp³-hybridized carbons (Fsp3) is 0.654. The molecule has 3 aliphatic carbocycles. The molecule has 37 heavy (non-hydrogen) atoms. The van der Waals surface area contributed by atoms with E-state index in [1.165, 1.54) is 0 Å². The molecule has 4 fully saturated rings. The number of nitrogens with zero attached hydrogens (tertiary/aromatic N) is 5. The lowest BCUT2D eigenvalue weighted by atomic mass is 9.57. The summed E-state index contributed by atoms with van der Waals surface area (Å²) < 4.78 is 41.9. The number of aromatic nitrogens is 3. The van der Waals surface area contributed by atoms with Crippen molar-refractivity contribution in [2.45, 2.75) is 82.3 Å². The zero-order valence-corrected chi connectivity index (χ0v) is 21.3. The second-order valence-corrected chi connectivity index (χ2v) is 12.8. The number of aliphatic hydroxyl groups is 1. The zero-order chi connectivity index (χ0) is 26.0. The Morgan fingerprint density at radius 2 is 1.81 bits per heavy atom. The minimum Gasteiger partial charge on any atom is -0.380 e. The average Bonchev–Trinajstić information content (AvgIpc) is 3.41. The summed E-state index contributed by atoms with van der Waals surface area (Å²) in [5, 5.41) is 19.6. The maximum Gasteiger partial charge on any atom is 0.417 e. The van der Waals surface area contributed by atoms with Crippen LogP contribution in [0.5, 0.6) is 0 Å². The Morgan fingerprint density at radius 3 is 2.46 bits per heavy atom. The number of halogens is 4. The standard InChI is InChI=1S/C26H29ClF3N5O2/c1-23(4-5-23)22(36)34-13-24(14-34)7-16(8-24)21-32-31-20-12-33(18-9-25(37,10-18)26(28,29)30)11-15-6-17(27)2-3-19(15)35(20)21/h2-3,6,16,18,37H,4-5,7-14H2,1H3. The van der Waals surface area contributed by atoms with Gasteiger partial charge in [-0.05, 0) is 49.4 Å². The quantitative estimate of drug-likeness (QED) is 0.638. The van der Waals surface area contributed by atoms with Crippen LogP contribution < -0.4 is 0 Å². The van der Waals surface area contributed by atoms with Gasteiger partial charge in [0.15, 0.2) is 11.4 Å². The normalized spacial score (nSPS) is 30.0. The first-order chi connectivity index (χ1) is 17.4. The first-order valence-corrected chi connectivity index (χ1v) is 13.3. The molecule has 1 aromatic heterocycles. The lowest BCUT2D eigenvalue weighted by Gasteiger charge is -2.59. The summed E-state index contributed by atoms with van der Waals surface area (Å²) in [4.78, 5) is 16.6. The molecule has 1 saturated heterocycles. The summed E-state index contributed by atoms with van der Waals surface area (Å²) in [6.07, 6.45) is -1.48. The van der Waals surface area contributed by atoms with Crippen molar-refractivity contribution in [1.29, 1.82) is 0 Å². The van der Waals surface area contributed by atoms with Gasteiger partial charge in [0.25, 0.3) is 0 Å². The average molecular weight is 536 g/mol. The van der Waals surface area contributed by atoms with Gasteiger partial charge in [-0.2, -0.15) is 13.2 Å². The maximum absolute atomic E-state index is 13.3. The van der Waals surface area contributed by atoms with E-state index in [-0.39, 0.29) is 35.5 Å². The van der Waals surface area contributed by atoms with Gasteiger partial charge in [0.05, 0.1) is 12.2 Å². The van der Waals surface area contributed by atoms with Crippen LogP contribution in [0.2, 0.25) is 5.02 Å². The molecule has 3 heterocycles. The van der Waals surface area contributed by atoms with E-state index >= 15 is 0 Å². The van der Waals surface area contributed by atoms with Crippen molar-refractivity contribution < 1.29 is 23.1 Å². The summed E-state index contributed by atoms with van der Waals surface area (Å²) in [6.45, 7) is 4.43. The largest absolute Gasteiger partial charge is 0.417 e. The number of benzene rings is 1. The van der Waals surface area contributed by atoms with Crippen molar-refractivity contribution in [3.05, 3.63) is 40.4 Å². The third-order valence-electron chi connectivity index (χ3n) is 9.53. The number of rotatable bonds is 3. The topological polar surface area (TPSA) is 74.5 Å². The number of carbonyl (C=O) groups is 1. The minimum atomic E-state index is -4.64. The first kappa shape index (κ1) is 23.9. The highest BCUT2D eigenvalue weighted by atomic mass is 35.5. The Balaban J connectivity index is 1.12. The minimum absolute atomic E-state index is 0.137. The van der Waals surface area contributed by atoms with Crippen molar-refractivity contribution in [2.24, 2.45) is 10.8 Å². The monoisotopic (exact) mass is 535 g/mol. The molecule has 198 valence electrons. The van der Waals surface area contributed by atoms with Gasteiger partial charge in [0, 0.05) is 60.3 Å². The van der Waals surface area contributed by atoms with Gasteiger partial charge >= 0.3 is 6.18 Å². The highest BCUT2D eigenvalue weighted by molar-refractivity contribution is 6.30. The molecule has 7 rings (SSSR count). The molecule has 1 amide bonds. The number of fused-ring (bicyclic) bond motifs is 3. The highest BCUT2D eigenvalue weighted by Gasteiger charge is 2.62. The molecule has 3 saturated carbocycles. The van der Waals surface area contributed by atoms with E-state index in [2.05, 4.69) is 21.7 Å². The Hall–Kier alpha value is -2.17. The van der Waals surface area contributed by atoms with E-state index in [9.17, 15) is 23.1 Å². The van der Waals surface area contributed by atoms with E-state index in [4.69, 9.17) is 11.6 Å². The molecule has 0 atom stereocenters. The van der Waals surface area contributed by atoms with Gasteiger partial charge in [0.2, 0.25) is 5.91 Å². The van der Waals surface area contributed by atoms with Crippen molar-refractivity contribution >= 4 is 17.5 Å². The van der Waals surface area contributed by atoms with Crippen molar-refractivity contribution in [3.8, 4) is 5.69 Å². The zero-order valence-electron chi connectivity index (χ0n) is 20.6. The van der Waals surface area contributed by atoms with Crippen LogP contribution in [0.25, 0.3) is 5.69 Å². The lowest BCUT2D eigenvalue weighted by molar-refractivity contribution is -0.300. The number of carbonyl (C=O) groups excluding carboxylic acids is 1. The molecule has 2 aromatic rings.